The summed E-state index contributed by atoms with van der Waals surface area (Å²) in [6.07, 6.45) is 0. The summed E-state index contributed by atoms with van der Waals surface area (Å²) in [6, 6.07) is 1.29. The summed E-state index contributed by atoms with van der Waals surface area (Å²) < 4.78 is 44.0. The van der Waals surface area contributed by atoms with E-state index in [0.29, 0.717) is 12.1 Å². The third-order valence-corrected chi connectivity index (χ3v) is 1.76. The molecule has 0 N–H and O–H groups in total. The van der Waals surface area contributed by atoms with Gasteiger partial charge in [0.25, 0.3) is 0 Å². The van der Waals surface area contributed by atoms with Crippen LogP contribution in [-0.2, 0) is 11.3 Å². The molecule has 0 aromatic heterocycles. The van der Waals surface area contributed by atoms with E-state index in [0.717, 1.165) is 0 Å². The molecule has 1 aromatic rings. The van der Waals surface area contributed by atoms with E-state index in [4.69, 9.17) is 4.74 Å². The van der Waals surface area contributed by atoms with Crippen molar-refractivity contribution in [3.05, 3.63) is 35.1 Å². The van der Waals surface area contributed by atoms with E-state index in [-0.39, 0.29) is 12.2 Å². The molecule has 0 aliphatic rings. The maximum absolute atomic E-state index is 13.1. The average molecular weight is 218 g/mol. The summed E-state index contributed by atoms with van der Waals surface area (Å²) in [4.78, 5) is 0. The summed E-state index contributed by atoms with van der Waals surface area (Å²) in [5.41, 5.74) is -0.737. The van der Waals surface area contributed by atoms with Gasteiger partial charge in [0, 0.05) is 17.7 Å². The molecular formula is C11H13F3O. The molecule has 0 unspecified atom stereocenters. The van der Waals surface area contributed by atoms with Crippen molar-refractivity contribution in [2.45, 2.75) is 33.0 Å². The zero-order valence-electron chi connectivity index (χ0n) is 8.90. The molecule has 4 heteroatoms. The molecule has 0 radical (unpaired) electrons. The first kappa shape index (κ1) is 12.0. The maximum Gasteiger partial charge on any atom is 0.134 e. The first-order valence-electron chi connectivity index (χ1n) is 4.57. The number of rotatable bonds is 2. The van der Waals surface area contributed by atoms with Crippen LogP contribution in [-0.4, -0.2) is 5.60 Å². The molecule has 0 fully saturated rings. The molecule has 0 atom stereocenters. The van der Waals surface area contributed by atoms with Crippen LogP contribution in [0.4, 0.5) is 13.2 Å². The van der Waals surface area contributed by atoms with E-state index in [9.17, 15) is 13.2 Å². The highest BCUT2D eigenvalue weighted by atomic mass is 19.1. The second-order valence-corrected chi connectivity index (χ2v) is 4.25. The fourth-order valence-electron chi connectivity index (χ4n) is 0.999. The van der Waals surface area contributed by atoms with Gasteiger partial charge in [-0.15, -0.1) is 0 Å². The summed E-state index contributed by atoms with van der Waals surface area (Å²) in [7, 11) is 0. The van der Waals surface area contributed by atoms with Gasteiger partial charge in [0.1, 0.15) is 17.5 Å². The van der Waals surface area contributed by atoms with Gasteiger partial charge >= 0.3 is 0 Å². The number of hydrogen-bond acceptors (Lipinski definition) is 1. The van der Waals surface area contributed by atoms with Crippen molar-refractivity contribution in [1.82, 2.24) is 0 Å². The lowest BCUT2D eigenvalue weighted by Gasteiger charge is -2.19. The number of halogens is 3. The lowest BCUT2D eigenvalue weighted by molar-refractivity contribution is -0.0173. The Balaban J connectivity index is 2.86. The predicted molar refractivity (Wildman–Crippen MR) is 50.9 cm³/mol. The summed E-state index contributed by atoms with van der Waals surface area (Å²) >= 11 is 0. The SMILES string of the molecule is CC(C)(C)OCc1c(F)cc(F)cc1F. The van der Waals surface area contributed by atoms with Gasteiger partial charge in [-0.1, -0.05) is 0 Å². The van der Waals surface area contributed by atoms with Crippen LogP contribution in [0.3, 0.4) is 0 Å². The number of benzene rings is 1. The van der Waals surface area contributed by atoms with Gasteiger partial charge in [0.15, 0.2) is 0 Å². The quantitative estimate of drug-likeness (QED) is 0.739. The van der Waals surface area contributed by atoms with Crippen molar-refractivity contribution in [2.75, 3.05) is 0 Å². The highest BCUT2D eigenvalue weighted by molar-refractivity contribution is 5.20. The number of hydrogen-bond donors (Lipinski definition) is 0. The fraction of sp³-hybridized carbons (Fsp3) is 0.455. The molecule has 0 aliphatic heterocycles. The standard InChI is InChI=1S/C11H13F3O/c1-11(2,3)15-6-8-9(13)4-7(12)5-10(8)14/h4-5H,6H2,1-3H3. The minimum atomic E-state index is -0.926. The van der Waals surface area contributed by atoms with E-state index in [2.05, 4.69) is 0 Å². The second-order valence-electron chi connectivity index (χ2n) is 4.25. The third-order valence-electron chi connectivity index (χ3n) is 1.76. The van der Waals surface area contributed by atoms with E-state index in [1.54, 1.807) is 20.8 Å². The molecule has 0 amide bonds. The number of ether oxygens (including phenoxy) is 1. The molecule has 0 aliphatic carbocycles. The van der Waals surface area contributed by atoms with Crippen LogP contribution in [0.2, 0.25) is 0 Å². The largest absolute Gasteiger partial charge is 0.371 e. The first-order valence-corrected chi connectivity index (χ1v) is 4.57. The minimum absolute atomic E-state index is 0.207. The highest BCUT2D eigenvalue weighted by Gasteiger charge is 2.16. The Labute approximate surface area is 86.9 Å². The Morgan fingerprint density at radius 1 is 1.07 bits per heavy atom. The molecule has 15 heavy (non-hydrogen) atoms. The molecule has 1 rings (SSSR count). The zero-order chi connectivity index (χ0) is 11.6. The van der Waals surface area contributed by atoms with Crippen LogP contribution >= 0.6 is 0 Å². The minimum Gasteiger partial charge on any atom is -0.371 e. The van der Waals surface area contributed by atoms with Gasteiger partial charge in [-0.3, -0.25) is 0 Å². The van der Waals surface area contributed by atoms with E-state index in [1.807, 2.05) is 0 Å². The highest BCUT2D eigenvalue weighted by Crippen LogP contribution is 2.18. The smallest absolute Gasteiger partial charge is 0.134 e. The lowest BCUT2D eigenvalue weighted by atomic mass is 10.1. The Kier molecular flexibility index (Phi) is 3.39. The molecule has 0 saturated carbocycles. The summed E-state index contributed by atoms with van der Waals surface area (Å²) in [6.45, 7) is 5.10. The Bertz CT molecular complexity index is 332. The predicted octanol–water partition coefficient (Wildman–Crippen LogP) is 3.42. The van der Waals surface area contributed by atoms with Crippen molar-refractivity contribution < 1.29 is 17.9 Å². The van der Waals surface area contributed by atoms with E-state index < -0.39 is 23.1 Å². The molecule has 0 bridgehead atoms. The zero-order valence-corrected chi connectivity index (χ0v) is 8.90. The van der Waals surface area contributed by atoms with Gasteiger partial charge in [0.2, 0.25) is 0 Å². The van der Waals surface area contributed by atoms with Crippen molar-refractivity contribution in [1.29, 1.82) is 0 Å². The Hall–Kier alpha value is -1.03. The van der Waals surface area contributed by atoms with Crippen LogP contribution in [0.5, 0.6) is 0 Å². The Morgan fingerprint density at radius 2 is 1.53 bits per heavy atom. The van der Waals surface area contributed by atoms with Crippen LogP contribution in [0.15, 0.2) is 12.1 Å². The molecule has 1 nitrogen and oxygen atoms in total. The maximum atomic E-state index is 13.1. The van der Waals surface area contributed by atoms with Crippen molar-refractivity contribution in [2.24, 2.45) is 0 Å². The van der Waals surface area contributed by atoms with Gasteiger partial charge < -0.3 is 4.74 Å². The lowest BCUT2D eigenvalue weighted by Crippen LogP contribution is -2.19. The fourth-order valence-corrected chi connectivity index (χ4v) is 0.999. The van der Waals surface area contributed by atoms with Gasteiger partial charge in [-0.25, -0.2) is 13.2 Å². The normalized spacial score (nSPS) is 11.9. The van der Waals surface area contributed by atoms with Gasteiger partial charge in [0.05, 0.1) is 12.2 Å². The monoisotopic (exact) mass is 218 g/mol. The summed E-state index contributed by atoms with van der Waals surface area (Å²) in [5.74, 6) is -2.77. The molecule has 1 aromatic carbocycles. The Morgan fingerprint density at radius 3 is 1.93 bits per heavy atom. The van der Waals surface area contributed by atoms with Gasteiger partial charge in [-0.2, -0.15) is 0 Å². The van der Waals surface area contributed by atoms with Crippen LogP contribution < -0.4 is 0 Å². The first-order chi connectivity index (χ1) is 6.79. The molecule has 0 saturated heterocycles. The van der Waals surface area contributed by atoms with Crippen LogP contribution in [0.25, 0.3) is 0 Å². The molecule has 0 spiro atoms. The van der Waals surface area contributed by atoms with Crippen LogP contribution in [0.1, 0.15) is 26.3 Å². The molecular weight excluding hydrogens is 205 g/mol. The van der Waals surface area contributed by atoms with Crippen molar-refractivity contribution in [3.8, 4) is 0 Å². The van der Waals surface area contributed by atoms with Crippen molar-refractivity contribution >= 4 is 0 Å². The van der Waals surface area contributed by atoms with Gasteiger partial charge in [-0.05, 0) is 20.8 Å². The summed E-state index contributed by atoms with van der Waals surface area (Å²) in [5, 5.41) is 0. The third kappa shape index (κ3) is 3.55. The van der Waals surface area contributed by atoms with Crippen molar-refractivity contribution in [3.63, 3.8) is 0 Å². The topological polar surface area (TPSA) is 9.23 Å². The average Bonchev–Trinajstić information content (AvgIpc) is 1.99. The van der Waals surface area contributed by atoms with E-state index in [1.165, 1.54) is 0 Å². The molecule has 84 valence electrons. The van der Waals surface area contributed by atoms with Crippen LogP contribution in [0, 0.1) is 17.5 Å². The second kappa shape index (κ2) is 4.23. The molecule has 0 heterocycles. The van der Waals surface area contributed by atoms with E-state index >= 15 is 0 Å².